The summed E-state index contributed by atoms with van der Waals surface area (Å²) in [4.78, 5) is 0. The SMILES string of the molecule is Cc1cc(N)ccc1-c1nnnn1-c1ccc(Br)cc1F. The summed E-state index contributed by atoms with van der Waals surface area (Å²) < 4.78 is 16.1. The van der Waals surface area contributed by atoms with Crippen molar-refractivity contribution in [3.63, 3.8) is 0 Å². The highest BCUT2D eigenvalue weighted by molar-refractivity contribution is 9.10. The average molecular weight is 348 g/mol. The van der Waals surface area contributed by atoms with Crippen molar-refractivity contribution in [1.29, 1.82) is 0 Å². The van der Waals surface area contributed by atoms with Gasteiger partial charge in [-0.3, -0.25) is 0 Å². The molecule has 0 radical (unpaired) electrons. The standard InChI is InChI=1S/C14H11BrFN5/c1-8-6-10(17)3-4-11(8)14-18-19-20-21(14)13-5-2-9(15)7-12(13)16/h2-7H,17H2,1H3. The number of rotatable bonds is 2. The molecule has 0 bridgehead atoms. The molecule has 0 aliphatic rings. The first-order valence-corrected chi connectivity index (χ1v) is 6.96. The van der Waals surface area contributed by atoms with Crippen LogP contribution in [-0.4, -0.2) is 20.2 Å². The number of aromatic nitrogens is 4. The number of nitrogen functional groups attached to an aromatic ring is 1. The Bertz CT molecular complexity index is 749. The van der Waals surface area contributed by atoms with Gasteiger partial charge in [0.25, 0.3) is 0 Å². The van der Waals surface area contributed by atoms with Crippen LogP contribution in [0.4, 0.5) is 10.1 Å². The highest BCUT2D eigenvalue weighted by atomic mass is 79.9. The Morgan fingerprint density at radius 2 is 2.00 bits per heavy atom. The van der Waals surface area contributed by atoms with Crippen LogP contribution in [0.1, 0.15) is 5.56 Å². The second-order valence-electron chi connectivity index (χ2n) is 4.58. The summed E-state index contributed by atoms with van der Waals surface area (Å²) in [7, 11) is 0. The number of hydrogen-bond acceptors (Lipinski definition) is 4. The maximum absolute atomic E-state index is 14.1. The molecular weight excluding hydrogens is 337 g/mol. The molecule has 0 aliphatic carbocycles. The molecular formula is C14H11BrFN5. The zero-order chi connectivity index (χ0) is 15.0. The third-order valence-corrected chi connectivity index (χ3v) is 3.59. The lowest BCUT2D eigenvalue weighted by Gasteiger charge is -2.08. The summed E-state index contributed by atoms with van der Waals surface area (Å²) in [6.45, 7) is 1.91. The molecule has 0 saturated heterocycles. The van der Waals surface area contributed by atoms with Crippen LogP contribution in [0.15, 0.2) is 40.9 Å². The molecule has 0 aliphatic heterocycles. The number of halogens is 2. The second kappa shape index (κ2) is 5.25. The highest BCUT2D eigenvalue weighted by Crippen LogP contribution is 2.26. The van der Waals surface area contributed by atoms with Gasteiger partial charge in [-0.2, -0.15) is 4.68 Å². The van der Waals surface area contributed by atoms with E-state index in [0.717, 1.165) is 11.1 Å². The number of anilines is 1. The predicted molar refractivity (Wildman–Crippen MR) is 81.4 cm³/mol. The van der Waals surface area contributed by atoms with Gasteiger partial charge in [-0.1, -0.05) is 15.9 Å². The zero-order valence-corrected chi connectivity index (χ0v) is 12.7. The van der Waals surface area contributed by atoms with Crippen LogP contribution < -0.4 is 5.73 Å². The topological polar surface area (TPSA) is 69.6 Å². The van der Waals surface area contributed by atoms with Gasteiger partial charge in [-0.05, 0) is 59.3 Å². The van der Waals surface area contributed by atoms with Crippen LogP contribution in [0.3, 0.4) is 0 Å². The molecule has 0 amide bonds. The van der Waals surface area contributed by atoms with E-state index in [1.807, 2.05) is 19.1 Å². The molecule has 2 aromatic carbocycles. The fraction of sp³-hybridized carbons (Fsp3) is 0.0714. The van der Waals surface area contributed by atoms with Crippen molar-refractivity contribution < 1.29 is 4.39 Å². The maximum Gasteiger partial charge on any atom is 0.187 e. The third-order valence-electron chi connectivity index (χ3n) is 3.10. The van der Waals surface area contributed by atoms with Crippen molar-refractivity contribution in [3.05, 3.63) is 52.3 Å². The van der Waals surface area contributed by atoms with Gasteiger partial charge >= 0.3 is 0 Å². The van der Waals surface area contributed by atoms with Gasteiger partial charge in [0.1, 0.15) is 11.5 Å². The Morgan fingerprint density at radius 3 is 2.71 bits per heavy atom. The summed E-state index contributed by atoms with van der Waals surface area (Å²) in [5, 5.41) is 11.5. The number of benzene rings is 2. The third kappa shape index (κ3) is 2.52. The lowest BCUT2D eigenvalue weighted by atomic mass is 10.1. The molecule has 0 unspecified atom stereocenters. The minimum atomic E-state index is -0.411. The van der Waals surface area contributed by atoms with Crippen molar-refractivity contribution in [2.45, 2.75) is 6.92 Å². The zero-order valence-electron chi connectivity index (χ0n) is 11.1. The van der Waals surface area contributed by atoms with Crippen molar-refractivity contribution in [2.75, 3.05) is 5.73 Å². The number of nitrogens with zero attached hydrogens (tertiary/aromatic N) is 4. The Balaban J connectivity index is 2.17. The van der Waals surface area contributed by atoms with E-state index in [0.29, 0.717) is 16.0 Å². The molecule has 106 valence electrons. The summed E-state index contributed by atoms with van der Waals surface area (Å²) in [5.74, 6) is 0.0553. The van der Waals surface area contributed by atoms with Crippen LogP contribution in [0, 0.1) is 12.7 Å². The van der Waals surface area contributed by atoms with Gasteiger partial charge in [0.15, 0.2) is 5.82 Å². The van der Waals surface area contributed by atoms with Crippen molar-refractivity contribution in [3.8, 4) is 17.1 Å². The van der Waals surface area contributed by atoms with E-state index in [1.165, 1.54) is 10.7 Å². The molecule has 1 heterocycles. The monoisotopic (exact) mass is 347 g/mol. The first kappa shape index (κ1) is 13.7. The fourth-order valence-electron chi connectivity index (χ4n) is 2.11. The van der Waals surface area contributed by atoms with Crippen LogP contribution in [0.5, 0.6) is 0 Å². The van der Waals surface area contributed by atoms with E-state index < -0.39 is 5.82 Å². The lowest BCUT2D eigenvalue weighted by Crippen LogP contribution is -2.03. The van der Waals surface area contributed by atoms with Gasteiger partial charge < -0.3 is 5.73 Å². The van der Waals surface area contributed by atoms with Gasteiger partial charge in [0.05, 0.1) is 0 Å². The molecule has 0 fully saturated rings. The first-order valence-electron chi connectivity index (χ1n) is 6.16. The minimum Gasteiger partial charge on any atom is -0.399 e. The van der Waals surface area contributed by atoms with Gasteiger partial charge in [-0.15, -0.1) is 5.10 Å². The molecule has 1 aromatic heterocycles. The summed E-state index contributed by atoms with van der Waals surface area (Å²) in [6, 6.07) is 10.1. The molecule has 21 heavy (non-hydrogen) atoms. The summed E-state index contributed by atoms with van der Waals surface area (Å²) in [5.41, 5.74) is 8.41. The summed E-state index contributed by atoms with van der Waals surface area (Å²) in [6.07, 6.45) is 0. The number of nitrogens with two attached hydrogens (primary N) is 1. The van der Waals surface area contributed by atoms with Crippen LogP contribution in [0.2, 0.25) is 0 Å². The molecule has 5 nitrogen and oxygen atoms in total. The van der Waals surface area contributed by atoms with Crippen LogP contribution in [0.25, 0.3) is 17.1 Å². The van der Waals surface area contributed by atoms with Crippen molar-refractivity contribution in [1.82, 2.24) is 20.2 Å². The largest absolute Gasteiger partial charge is 0.399 e. The number of tetrazole rings is 1. The van der Waals surface area contributed by atoms with E-state index in [9.17, 15) is 4.39 Å². The lowest BCUT2D eigenvalue weighted by molar-refractivity contribution is 0.607. The van der Waals surface area contributed by atoms with E-state index in [2.05, 4.69) is 31.5 Å². The molecule has 0 spiro atoms. The van der Waals surface area contributed by atoms with E-state index in [-0.39, 0.29) is 5.69 Å². The second-order valence-corrected chi connectivity index (χ2v) is 5.50. The van der Waals surface area contributed by atoms with E-state index in [1.54, 1.807) is 18.2 Å². The highest BCUT2D eigenvalue weighted by Gasteiger charge is 2.16. The molecule has 7 heteroatoms. The maximum atomic E-state index is 14.1. The summed E-state index contributed by atoms with van der Waals surface area (Å²) >= 11 is 3.23. The first-order chi connectivity index (χ1) is 10.1. The molecule has 2 N–H and O–H groups in total. The molecule has 3 rings (SSSR count). The van der Waals surface area contributed by atoms with Gasteiger partial charge in [-0.25, -0.2) is 4.39 Å². The van der Waals surface area contributed by atoms with Gasteiger partial charge in [0, 0.05) is 15.7 Å². The Hall–Kier alpha value is -2.28. The van der Waals surface area contributed by atoms with Crippen LogP contribution in [-0.2, 0) is 0 Å². The van der Waals surface area contributed by atoms with E-state index in [4.69, 9.17) is 5.73 Å². The quantitative estimate of drug-likeness (QED) is 0.723. The minimum absolute atomic E-state index is 0.287. The average Bonchev–Trinajstić information content (AvgIpc) is 2.87. The Kier molecular flexibility index (Phi) is 3.42. The normalized spacial score (nSPS) is 10.8. The van der Waals surface area contributed by atoms with Gasteiger partial charge in [0.2, 0.25) is 0 Å². The molecule has 0 atom stereocenters. The predicted octanol–water partition coefficient (Wildman–Crippen LogP) is 3.12. The Labute approximate surface area is 128 Å². The van der Waals surface area contributed by atoms with Crippen molar-refractivity contribution in [2.24, 2.45) is 0 Å². The van der Waals surface area contributed by atoms with E-state index >= 15 is 0 Å². The number of hydrogen-bond donors (Lipinski definition) is 1. The fourth-order valence-corrected chi connectivity index (χ4v) is 2.44. The smallest absolute Gasteiger partial charge is 0.187 e. The Morgan fingerprint density at radius 1 is 1.19 bits per heavy atom. The van der Waals surface area contributed by atoms with Crippen LogP contribution >= 0.6 is 15.9 Å². The number of aryl methyl sites for hydroxylation is 1. The molecule has 0 saturated carbocycles. The van der Waals surface area contributed by atoms with Crippen molar-refractivity contribution >= 4 is 21.6 Å². The molecule has 3 aromatic rings.